The van der Waals surface area contributed by atoms with Crippen LogP contribution in [0, 0.1) is 0 Å². The molecule has 1 rings (SSSR count). The lowest BCUT2D eigenvalue weighted by Crippen LogP contribution is -2.50. The molecule has 0 spiro atoms. The van der Waals surface area contributed by atoms with Gasteiger partial charge < -0.3 is 0 Å². The van der Waals surface area contributed by atoms with Crippen LogP contribution in [0.25, 0.3) is 6.08 Å². The number of hydrogen-bond acceptors (Lipinski definition) is 2. The van der Waals surface area contributed by atoms with Crippen LogP contribution in [0.3, 0.4) is 0 Å². The van der Waals surface area contributed by atoms with Gasteiger partial charge in [0.1, 0.15) is 0 Å². The molecule has 0 saturated carbocycles. The Morgan fingerprint density at radius 3 is 1.64 bits per heavy atom. The topological polar surface area (TPSA) is 6.48 Å². The highest BCUT2D eigenvalue weighted by molar-refractivity contribution is 6.53. The maximum Gasteiger partial charge on any atom is 0.0596 e. The van der Waals surface area contributed by atoms with E-state index in [2.05, 4.69) is 68.3 Å². The van der Waals surface area contributed by atoms with Gasteiger partial charge >= 0.3 is 0 Å². The maximum atomic E-state index is 3.86. The van der Waals surface area contributed by atoms with Crippen LogP contribution in [0.4, 0.5) is 0 Å². The van der Waals surface area contributed by atoms with Gasteiger partial charge in [-0.3, -0.25) is 9.80 Å². The first-order valence-corrected chi connectivity index (χ1v) is 12.1. The van der Waals surface area contributed by atoms with Gasteiger partial charge in [0.25, 0.3) is 0 Å². The molecular weight excluding hydrogens is 320 g/mol. The van der Waals surface area contributed by atoms with Crippen LogP contribution in [0.2, 0.25) is 6.04 Å². The van der Waals surface area contributed by atoms with Crippen molar-refractivity contribution < 1.29 is 0 Å². The van der Waals surface area contributed by atoms with Gasteiger partial charge in [-0.15, -0.1) is 0 Å². The van der Waals surface area contributed by atoms with Crippen molar-refractivity contribution in [1.82, 2.24) is 9.80 Å². The van der Waals surface area contributed by atoms with Gasteiger partial charge in [0.15, 0.2) is 0 Å². The fraction of sp³-hybridized carbons (Fsp3) is 0.636. The predicted molar refractivity (Wildman–Crippen MR) is 118 cm³/mol. The summed E-state index contributed by atoms with van der Waals surface area (Å²) in [5.41, 5.74) is 1.23. The normalized spacial score (nSPS) is 12.1. The molecule has 2 nitrogen and oxygen atoms in total. The summed E-state index contributed by atoms with van der Waals surface area (Å²) < 4.78 is 0. The minimum absolute atomic E-state index is 0.254. The average molecular weight is 361 g/mol. The summed E-state index contributed by atoms with van der Waals surface area (Å²) in [7, 11) is -0.254. The van der Waals surface area contributed by atoms with E-state index in [0.717, 1.165) is 0 Å². The molecule has 0 aliphatic rings. The zero-order valence-electron chi connectivity index (χ0n) is 17.1. The van der Waals surface area contributed by atoms with Crippen molar-refractivity contribution in [3.8, 4) is 0 Å². The Bertz CT molecular complexity index is 430. The molecule has 0 aromatic heterocycles. The third-order valence-corrected chi connectivity index (χ3v) is 6.65. The molecule has 3 heteroatoms. The molecule has 1 aromatic carbocycles. The van der Waals surface area contributed by atoms with E-state index in [1.165, 1.54) is 63.5 Å². The maximum absolute atomic E-state index is 3.86. The van der Waals surface area contributed by atoms with Crippen LogP contribution in [0.15, 0.2) is 30.8 Å². The van der Waals surface area contributed by atoms with Gasteiger partial charge in [-0.25, -0.2) is 0 Å². The van der Waals surface area contributed by atoms with Crippen molar-refractivity contribution in [3.63, 3.8) is 0 Å². The monoisotopic (exact) mass is 360 g/mol. The SMILES string of the molecule is C=Cc1ccc([SiH2]CC(N(CCC)CCC)N(CCC)CCC)cc1. The van der Waals surface area contributed by atoms with Crippen molar-refractivity contribution in [2.45, 2.75) is 65.6 Å². The van der Waals surface area contributed by atoms with Crippen LogP contribution in [0.1, 0.15) is 58.9 Å². The summed E-state index contributed by atoms with van der Waals surface area (Å²) >= 11 is 0. The van der Waals surface area contributed by atoms with Gasteiger partial charge in [0.05, 0.1) is 15.7 Å². The first-order chi connectivity index (χ1) is 12.2. The average Bonchev–Trinajstić information content (AvgIpc) is 2.63. The van der Waals surface area contributed by atoms with Crippen molar-refractivity contribution in [2.24, 2.45) is 0 Å². The van der Waals surface area contributed by atoms with Crippen LogP contribution in [-0.4, -0.2) is 51.7 Å². The van der Waals surface area contributed by atoms with Gasteiger partial charge in [-0.2, -0.15) is 0 Å². The first-order valence-electron chi connectivity index (χ1n) is 10.4. The number of nitrogens with zero attached hydrogens (tertiary/aromatic N) is 2. The van der Waals surface area contributed by atoms with E-state index in [0.29, 0.717) is 6.17 Å². The van der Waals surface area contributed by atoms with Crippen molar-refractivity contribution in [3.05, 3.63) is 36.4 Å². The standard InChI is InChI=1S/C22H40N2Si/c1-6-15-23(16-7-2)22(24(17-8-3)18-9-4)19-25-21-13-11-20(10-5)12-14-21/h10-14,22H,5-9,15-19,25H2,1-4H3. The zero-order chi connectivity index (χ0) is 18.5. The van der Waals surface area contributed by atoms with Gasteiger partial charge in [0.2, 0.25) is 0 Å². The van der Waals surface area contributed by atoms with Gasteiger partial charge in [-0.05, 0) is 63.5 Å². The summed E-state index contributed by atoms with van der Waals surface area (Å²) in [5.74, 6) is 0. The number of rotatable bonds is 14. The molecule has 0 unspecified atom stereocenters. The fourth-order valence-electron chi connectivity index (χ4n) is 3.68. The highest BCUT2D eigenvalue weighted by Gasteiger charge is 2.23. The Hall–Kier alpha value is -0.903. The summed E-state index contributed by atoms with van der Waals surface area (Å²) in [6, 6.07) is 10.4. The Kier molecular flexibility index (Phi) is 11.8. The van der Waals surface area contributed by atoms with Crippen molar-refractivity contribution in [2.75, 3.05) is 26.2 Å². The molecular formula is C22H40N2Si. The zero-order valence-corrected chi connectivity index (χ0v) is 18.6. The second kappa shape index (κ2) is 13.3. The Morgan fingerprint density at radius 2 is 1.28 bits per heavy atom. The van der Waals surface area contributed by atoms with E-state index in [-0.39, 0.29) is 9.52 Å². The largest absolute Gasteiger partial charge is 0.288 e. The molecule has 142 valence electrons. The summed E-state index contributed by atoms with van der Waals surface area (Å²) in [6.45, 7) is 18.0. The molecule has 0 fully saturated rings. The highest BCUT2D eigenvalue weighted by Crippen LogP contribution is 2.14. The quantitative estimate of drug-likeness (QED) is 0.364. The third kappa shape index (κ3) is 7.89. The van der Waals surface area contributed by atoms with Gasteiger partial charge in [0, 0.05) is 0 Å². The van der Waals surface area contributed by atoms with Crippen LogP contribution in [0.5, 0.6) is 0 Å². The van der Waals surface area contributed by atoms with Crippen molar-refractivity contribution >= 4 is 20.8 Å². The second-order valence-electron chi connectivity index (χ2n) is 7.04. The molecule has 0 amide bonds. The lowest BCUT2D eigenvalue weighted by molar-refractivity contribution is 0.0544. The summed E-state index contributed by atoms with van der Waals surface area (Å²) in [4.78, 5) is 5.52. The summed E-state index contributed by atoms with van der Waals surface area (Å²) in [6.07, 6.45) is 7.56. The van der Waals surface area contributed by atoms with E-state index in [1.807, 2.05) is 6.08 Å². The summed E-state index contributed by atoms with van der Waals surface area (Å²) in [5, 5.41) is 1.58. The molecule has 0 heterocycles. The Balaban J connectivity index is 2.87. The molecule has 0 radical (unpaired) electrons. The Labute approximate surface area is 159 Å². The van der Waals surface area contributed by atoms with Crippen LogP contribution < -0.4 is 5.19 Å². The van der Waals surface area contributed by atoms with Crippen LogP contribution in [-0.2, 0) is 0 Å². The number of hydrogen-bond donors (Lipinski definition) is 0. The lowest BCUT2D eigenvalue weighted by atomic mass is 10.2. The highest BCUT2D eigenvalue weighted by atomic mass is 28.2. The minimum Gasteiger partial charge on any atom is -0.288 e. The molecule has 0 atom stereocenters. The molecule has 0 saturated heterocycles. The van der Waals surface area contributed by atoms with Crippen molar-refractivity contribution in [1.29, 1.82) is 0 Å². The molecule has 0 bridgehead atoms. The number of benzene rings is 1. The molecule has 0 N–H and O–H groups in total. The van der Waals surface area contributed by atoms with E-state index < -0.39 is 0 Å². The molecule has 1 aromatic rings. The molecule has 25 heavy (non-hydrogen) atoms. The molecule has 0 aliphatic heterocycles. The third-order valence-electron chi connectivity index (χ3n) is 4.79. The predicted octanol–water partition coefficient (Wildman–Crippen LogP) is 4.11. The van der Waals surface area contributed by atoms with E-state index >= 15 is 0 Å². The van der Waals surface area contributed by atoms with E-state index in [1.54, 1.807) is 5.19 Å². The first kappa shape index (κ1) is 22.1. The minimum atomic E-state index is -0.254. The second-order valence-corrected chi connectivity index (χ2v) is 8.93. The fourth-order valence-corrected chi connectivity index (χ4v) is 5.57. The van der Waals surface area contributed by atoms with Crippen LogP contribution >= 0.6 is 0 Å². The Morgan fingerprint density at radius 1 is 0.840 bits per heavy atom. The molecule has 0 aliphatic carbocycles. The van der Waals surface area contributed by atoms with E-state index in [4.69, 9.17) is 0 Å². The lowest BCUT2D eigenvalue weighted by Gasteiger charge is -2.40. The van der Waals surface area contributed by atoms with Gasteiger partial charge in [-0.1, -0.05) is 69.8 Å². The smallest absolute Gasteiger partial charge is 0.0596 e. The van der Waals surface area contributed by atoms with E-state index in [9.17, 15) is 0 Å².